The molecule has 0 amide bonds. The number of hydrogen-bond acceptors (Lipinski definition) is 5. The molecule has 1 N–H and O–H groups in total. The molecule has 6 heteroatoms. The molecule has 0 aliphatic heterocycles. The largest absolute Gasteiger partial charge is 0.358 e. The average Bonchev–Trinajstić information content (AvgIpc) is 3.18. The fraction of sp³-hybridized carbons (Fsp3) is 0.312. The van der Waals surface area contributed by atoms with Gasteiger partial charge in [0.15, 0.2) is 0 Å². The number of anilines is 1. The Morgan fingerprint density at radius 3 is 2.91 bits per heavy atom. The van der Waals surface area contributed by atoms with Gasteiger partial charge in [-0.3, -0.25) is 0 Å². The van der Waals surface area contributed by atoms with E-state index in [1.54, 1.807) is 0 Å². The first-order valence-electron chi connectivity index (χ1n) is 7.49. The van der Waals surface area contributed by atoms with Gasteiger partial charge in [-0.15, -0.1) is 0 Å². The van der Waals surface area contributed by atoms with Crippen LogP contribution in [0, 0.1) is 0 Å². The van der Waals surface area contributed by atoms with Crippen molar-refractivity contribution in [3.8, 4) is 11.3 Å². The van der Waals surface area contributed by atoms with Crippen molar-refractivity contribution < 1.29 is 0 Å². The fourth-order valence-corrected chi connectivity index (χ4v) is 2.92. The van der Waals surface area contributed by atoms with Crippen molar-refractivity contribution in [2.75, 3.05) is 11.9 Å². The van der Waals surface area contributed by atoms with Crippen LogP contribution in [0.2, 0.25) is 0 Å². The monoisotopic (exact) mass is 313 g/mol. The quantitative estimate of drug-likeness (QED) is 0.725. The third-order valence-corrected chi connectivity index (χ3v) is 4.06. The first kappa shape index (κ1) is 14.7. The van der Waals surface area contributed by atoms with Gasteiger partial charge in [0.05, 0.1) is 18.2 Å². The zero-order chi connectivity index (χ0) is 15.2. The molecule has 2 heterocycles. The van der Waals surface area contributed by atoms with Gasteiger partial charge in [0.2, 0.25) is 5.13 Å². The molecule has 0 saturated carbocycles. The summed E-state index contributed by atoms with van der Waals surface area (Å²) in [6.07, 6.45) is 5.79. The van der Waals surface area contributed by atoms with Gasteiger partial charge < -0.3 is 9.88 Å². The van der Waals surface area contributed by atoms with Crippen molar-refractivity contribution in [1.29, 1.82) is 0 Å². The predicted octanol–water partition coefficient (Wildman–Crippen LogP) is 3.47. The smallest absolute Gasteiger partial charge is 0.202 e. The first-order valence-corrected chi connectivity index (χ1v) is 8.26. The van der Waals surface area contributed by atoms with Crippen LogP contribution in [0.5, 0.6) is 0 Å². The standard InChI is InChI=1S/C16H19N5S/c1-2-6-15-19-16(22-20-15)18-9-10-21-12-17-11-14(21)13-7-4-3-5-8-13/h3-5,7-8,11-12H,2,6,9-10H2,1H3,(H,18,19,20). The highest BCUT2D eigenvalue weighted by molar-refractivity contribution is 7.09. The lowest BCUT2D eigenvalue weighted by Gasteiger charge is -2.08. The van der Waals surface area contributed by atoms with Crippen molar-refractivity contribution >= 4 is 16.7 Å². The Hall–Kier alpha value is -2.21. The van der Waals surface area contributed by atoms with Gasteiger partial charge in [0, 0.05) is 31.0 Å². The van der Waals surface area contributed by atoms with Gasteiger partial charge in [-0.25, -0.2) is 9.97 Å². The molecule has 2 aromatic heterocycles. The summed E-state index contributed by atoms with van der Waals surface area (Å²) >= 11 is 1.43. The van der Waals surface area contributed by atoms with Gasteiger partial charge in [-0.2, -0.15) is 4.37 Å². The topological polar surface area (TPSA) is 55.6 Å². The Kier molecular flexibility index (Phi) is 4.80. The lowest BCUT2D eigenvalue weighted by Crippen LogP contribution is -2.10. The number of nitrogens with one attached hydrogen (secondary N) is 1. The van der Waals surface area contributed by atoms with E-state index in [0.29, 0.717) is 0 Å². The molecule has 0 saturated heterocycles. The van der Waals surface area contributed by atoms with E-state index in [2.05, 4.69) is 43.3 Å². The highest BCUT2D eigenvalue weighted by atomic mass is 32.1. The second kappa shape index (κ2) is 7.17. The zero-order valence-electron chi connectivity index (χ0n) is 12.6. The lowest BCUT2D eigenvalue weighted by molar-refractivity contribution is 0.732. The van der Waals surface area contributed by atoms with E-state index in [1.165, 1.54) is 17.1 Å². The van der Waals surface area contributed by atoms with Gasteiger partial charge in [0.1, 0.15) is 5.82 Å². The maximum Gasteiger partial charge on any atom is 0.202 e. The number of nitrogens with zero attached hydrogens (tertiary/aromatic N) is 4. The van der Waals surface area contributed by atoms with Crippen LogP contribution in [0.15, 0.2) is 42.9 Å². The molecule has 0 aliphatic carbocycles. The average molecular weight is 313 g/mol. The van der Waals surface area contributed by atoms with E-state index in [0.717, 1.165) is 42.6 Å². The third-order valence-electron chi connectivity index (χ3n) is 3.35. The minimum absolute atomic E-state index is 0.803. The van der Waals surface area contributed by atoms with Crippen LogP contribution >= 0.6 is 11.5 Å². The van der Waals surface area contributed by atoms with Gasteiger partial charge in [0.25, 0.3) is 0 Å². The minimum Gasteiger partial charge on any atom is -0.358 e. The molecule has 0 bridgehead atoms. The van der Waals surface area contributed by atoms with Crippen LogP contribution in [0.1, 0.15) is 19.2 Å². The summed E-state index contributed by atoms with van der Waals surface area (Å²) in [5, 5.41) is 4.23. The van der Waals surface area contributed by atoms with Crippen LogP contribution in [0.3, 0.4) is 0 Å². The summed E-state index contributed by atoms with van der Waals surface area (Å²) in [5.74, 6) is 0.933. The Morgan fingerprint density at radius 1 is 1.23 bits per heavy atom. The number of imidazole rings is 1. The van der Waals surface area contributed by atoms with Crippen LogP contribution in [-0.4, -0.2) is 25.5 Å². The van der Waals surface area contributed by atoms with Gasteiger partial charge >= 0.3 is 0 Å². The number of hydrogen-bond donors (Lipinski definition) is 1. The Bertz CT molecular complexity index is 704. The molecule has 0 radical (unpaired) electrons. The molecule has 1 aromatic carbocycles. The summed E-state index contributed by atoms with van der Waals surface area (Å²) in [6, 6.07) is 10.3. The van der Waals surface area contributed by atoms with Crippen molar-refractivity contribution in [2.45, 2.75) is 26.3 Å². The molecule has 0 fully saturated rings. The molecule has 0 atom stereocenters. The molecule has 114 valence electrons. The summed E-state index contributed by atoms with van der Waals surface area (Å²) in [7, 11) is 0. The maximum absolute atomic E-state index is 4.47. The van der Waals surface area contributed by atoms with E-state index in [-0.39, 0.29) is 0 Å². The van der Waals surface area contributed by atoms with E-state index in [4.69, 9.17) is 0 Å². The van der Waals surface area contributed by atoms with Crippen molar-refractivity contribution in [2.24, 2.45) is 0 Å². The molecule has 0 aliphatic rings. The summed E-state index contributed by atoms with van der Waals surface area (Å²) in [6.45, 7) is 3.78. The molecule has 0 unspecified atom stereocenters. The lowest BCUT2D eigenvalue weighted by atomic mass is 10.2. The second-order valence-electron chi connectivity index (χ2n) is 5.03. The molecule has 0 spiro atoms. The molecular weight excluding hydrogens is 294 g/mol. The number of aryl methyl sites for hydroxylation is 1. The SMILES string of the molecule is CCCc1nsc(NCCn2cncc2-c2ccccc2)n1. The van der Waals surface area contributed by atoms with Crippen LogP contribution < -0.4 is 5.32 Å². The van der Waals surface area contributed by atoms with Crippen molar-refractivity contribution in [3.05, 3.63) is 48.7 Å². The van der Waals surface area contributed by atoms with Crippen molar-refractivity contribution in [1.82, 2.24) is 18.9 Å². The number of rotatable bonds is 7. The Balaban J connectivity index is 1.59. The third kappa shape index (κ3) is 3.51. The van der Waals surface area contributed by atoms with Gasteiger partial charge in [-0.05, 0) is 12.0 Å². The highest BCUT2D eigenvalue weighted by Crippen LogP contribution is 2.18. The molecule has 5 nitrogen and oxygen atoms in total. The predicted molar refractivity (Wildman–Crippen MR) is 90.1 cm³/mol. The normalized spacial score (nSPS) is 10.8. The van der Waals surface area contributed by atoms with Crippen molar-refractivity contribution in [3.63, 3.8) is 0 Å². The fourth-order valence-electron chi connectivity index (χ4n) is 2.28. The summed E-state index contributed by atoms with van der Waals surface area (Å²) in [4.78, 5) is 8.73. The van der Waals surface area contributed by atoms with Crippen LogP contribution in [0.4, 0.5) is 5.13 Å². The summed E-state index contributed by atoms with van der Waals surface area (Å²) < 4.78 is 6.48. The number of benzene rings is 1. The molecule has 3 rings (SSSR count). The van der Waals surface area contributed by atoms with Crippen LogP contribution in [0.25, 0.3) is 11.3 Å². The zero-order valence-corrected chi connectivity index (χ0v) is 13.4. The Labute approximate surface area is 134 Å². The summed E-state index contributed by atoms with van der Waals surface area (Å²) in [5.41, 5.74) is 2.31. The van der Waals surface area contributed by atoms with E-state index >= 15 is 0 Å². The first-order chi connectivity index (χ1) is 10.9. The molecular formula is C16H19N5S. The van der Waals surface area contributed by atoms with E-state index < -0.39 is 0 Å². The maximum atomic E-state index is 4.47. The molecule has 3 aromatic rings. The molecule has 22 heavy (non-hydrogen) atoms. The minimum atomic E-state index is 0.803. The Morgan fingerprint density at radius 2 is 2.09 bits per heavy atom. The van der Waals surface area contributed by atoms with Crippen LogP contribution in [-0.2, 0) is 13.0 Å². The van der Waals surface area contributed by atoms with Gasteiger partial charge in [-0.1, -0.05) is 37.3 Å². The van der Waals surface area contributed by atoms with E-state index in [1.807, 2.05) is 30.7 Å². The highest BCUT2D eigenvalue weighted by Gasteiger charge is 2.05. The number of aromatic nitrogens is 4. The van der Waals surface area contributed by atoms with E-state index in [9.17, 15) is 0 Å². The second-order valence-corrected chi connectivity index (χ2v) is 5.78.